The predicted octanol–water partition coefficient (Wildman–Crippen LogP) is 6.87. The van der Waals surface area contributed by atoms with Crippen molar-refractivity contribution in [2.45, 2.75) is 17.0 Å². The Kier molecular flexibility index (Phi) is 76.8. The van der Waals surface area contributed by atoms with Crippen molar-refractivity contribution in [3.05, 3.63) is 111 Å². The molecule has 0 radical (unpaired) electrons. The minimum atomic E-state index is -1.03. The number of carbonyl (C=O) groups excluding carboxylic acids is 2. The lowest BCUT2D eigenvalue weighted by Gasteiger charge is -2.03. The van der Waals surface area contributed by atoms with Gasteiger partial charge in [0.05, 0.1) is 57.3 Å². The first-order chi connectivity index (χ1) is 38.0. The first-order valence-corrected chi connectivity index (χ1v) is 30.1. The third-order valence-corrected chi connectivity index (χ3v) is 10.8. The molecule has 0 saturated heterocycles. The zero-order valence-corrected chi connectivity index (χ0v) is 54.3. The van der Waals surface area contributed by atoms with E-state index in [2.05, 4.69) is 146 Å². The highest BCUT2D eigenvalue weighted by Crippen LogP contribution is 2.21. The van der Waals surface area contributed by atoms with Crippen LogP contribution in [0.15, 0.2) is 103 Å². The number of aromatic amines is 2. The number of carbonyl (C=O) groups is 2. The van der Waals surface area contributed by atoms with E-state index in [0.717, 1.165) is 23.0 Å². The smallest absolute Gasteiger partial charge is 0.315 e. The average molecular weight is 1370 g/mol. The maximum Gasteiger partial charge on any atom is 0.315 e. The second kappa shape index (κ2) is 69.1. The van der Waals surface area contributed by atoms with Gasteiger partial charge in [0.1, 0.15) is 52.8 Å². The first-order valence-electron chi connectivity index (χ1n) is 22.4. The molecule has 3 unspecified atom stereocenters. The van der Waals surface area contributed by atoms with E-state index in [1.165, 1.54) is 65.9 Å². The summed E-state index contributed by atoms with van der Waals surface area (Å²) in [6, 6.07) is 26.4. The number of phenolic OH excluding ortho intramolecular Hbond substituents is 7. The highest BCUT2D eigenvalue weighted by Gasteiger charge is 2.02. The fraction of sp³-hybridized carbons (Fsp3) is 0.404. The van der Waals surface area contributed by atoms with Crippen LogP contribution in [0.3, 0.4) is 0 Å². The van der Waals surface area contributed by atoms with E-state index in [0.29, 0.717) is 51.6 Å². The van der Waals surface area contributed by atoms with Gasteiger partial charge in [-0.2, -0.15) is 101 Å². The number of phenols is 7. The first kappa shape index (κ1) is 88.9. The number of aliphatic hydroxyl groups is 5. The van der Waals surface area contributed by atoms with E-state index in [-0.39, 0.29) is 72.4 Å². The molecule has 1 heterocycles. The number of ether oxygens (including phenoxy) is 4. The molecule has 0 fully saturated rings. The highest BCUT2D eigenvalue weighted by molar-refractivity contribution is 7.85. The Morgan fingerprint density at radius 1 is 0.475 bits per heavy atom. The highest BCUT2D eigenvalue weighted by atomic mass is 32.2. The van der Waals surface area contributed by atoms with E-state index in [4.69, 9.17) is 95.2 Å². The topological polar surface area (TPSA) is 345 Å². The van der Waals surface area contributed by atoms with Crippen LogP contribution in [0.4, 0.5) is 0 Å². The summed E-state index contributed by atoms with van der Waals surface area (Å²) in [5, 5.41) is 106. The van der Waals surface area contributed by atoms with Crippen molar-refractivity contribution >= 4 is 174 Å². The molecule has 0 aliphatic heterocycles. The van der Waals surface area contributed by atoms with E-state index in [9.17, 15) is 9.59 Å². The Labute approximate surface area is 536 Å². The summed E-state index contributed by atoms with van der Waals surface area (Å²) >= 11 is 48.0. The minimum absolute atomic E-state index is 0.0283. The second-order valence-electron chi connectivity index (χ2n) is 13.0. The Hall–Kier alpha value is -2.36. The standard InChI is InChI=1S/C6H10O4S2.C6H14O2S2.3C6H6O2.C6H6O.C3H8O2S.C2H2N2S3.C2H6O2S2.C2H6OS.C2H6S2/c7-5(3-11)9-1-2-10-6(8)4-12;9-5-3-7-1-2-8-4-6-10;7-5-1-2-6(8)4-3-5;7-5-2-1-3-6(8)4-5;7-5-3-1-2-4-6(5)8;7-6-4-2-1-3-5-6;4-1-3(5)2-6;5-1-3-4-2(6)7-1;3-1(5)2(4)6;2*3-1-2-4/h11-12H,1-4H2;9-10H,1-6H2;3*1-4,7-8H;1-5,7H;3-6H,1-2H2;(H,3,5)(H,4,6);1-6H;2*3-4H,1-2H2. The minimum Gasteiger partial charge on any atom is -0.508 e. The van der Waals surface area contributed by atoms with Crippen LogP contribution in [0.2, 0.25) is 0 Å². The molecule has 4 aromatic carbocycles. The molecule has 3 atom stereocenters. The van der Waals surface area contributed by atoms with Crippen LogP contribution in [0.5, 0.6) is 40.2 Å². The van der Waals surface area contributed by atoms with Crippen LogP contribution in [0.1, 0.15) is 0 Å². The number of H-pyrrole nitrogens is 2. The molecule has 0 aliphatic carbocycles. The molecular weight excluding hydrogens is 1300 g/mol. The van der Waals surface area contributed by atoms with Gasteiger partial charge in [-0.05, 0) is 96.6 Å². The number of esters is 2. The maximum atomic E-state index is 10.5. The predicted molar refractivity (Wildman–Crippen MR) is 357 cm³/mol. The largest absolute Gasteiger partial charge is 0.508 e. The van der Waals surface area contributed by atoms with Crippen molar-refractivity contribution in [1.29, 1.82) is 0 Å². The van der Waals surface area contributed by atoms with E-state index in [1.807, 2.05) is 6.07 Å². The van der Waals surface area contributed by atoms with Gasteiger partial charge in [-0.3, -0.25) is 19.8 Å². The molecule has 20 nitrogen and oxygen atoms in total. The van der Waals surface area contributed by atoms with Gasteiger partial charge in [-0.25, -0.2) is 0 Å². The molecule has 33 heteroatoms. The Morgan fingerprint density at radius 3 is 1.00 bits per heavy atom. The summed E-state index contributed by atoms with van der Waals surface area (Å²) in [5.74, 6) is 4.08. The summed E-state index contributed by atoms with van der Waals surface area (Å²) in [6.45, 7) is 2.85. The number of rotatable bonds is 17. The molecular formula is C47H76N2O18S13. The summed E-state index contributed by atoms with van der Waals surface area (Å²) in [7, 11) is 0. The van der Waals surface area contributed by atoms with E-state index >= 15 is 0 Å². The number of thiol groups is 10. The Bertz CT molecular complexity index is 2060. The lowest BCUT2D eigenvalue weighted by Crippen LogP contribution is -2.14. The fourth-order valence-corrected chi connectivity index (χ4v) is 4.68. The fourth-order valence-electron chi connectivity index (χ4n) is 2.99. The average Bonchev–Trinajstić information content (AvgIpc) is 3.84. The molecule has 1 aromatic heterocycles. The van der Waals surface area contributed by atoms with Crippen molar-refractivity contribution < 1.29 is 89.8 Å². The van der Waals surface area contributed by atoms with Gasteiger partial charge >= 0.3 is 11.9 Å². The van der Waals surface area contributed by atoms with E-state index in [1.54, 1.807) is 42.5 Å². The number of hydrogen-bond donors (Lipinski definition) is 24. The molecule has 0 amide bonds. The normalized spacial score (nSPS) is 10.2. The monoisotopic (exact) mass is 1370 g/mol. The Balaban J connectivity index is -0.000000190. The zero-order chi connectivity index (χ0) is 62.4. The van der Waals surface area contributed by atoms with Gasteiger partial charge in [0, 0.05) is 29.1 Å². The maximum absolute atomic E-state index is 10.5. The molecule has 5 rings (SSSR count). The molecule has 14 N–H and O–H groups in total. The summed E-state index contributed by atoms with van der Waals surface area (Å²) in [6.07, 6.45) is -0.645. The molecule has 0 spiro atoms. The van der Waals surface area contributed by atoms with Gasteiger partial charge in [0.25, 0.3) is 0 Å². The number of nitrogens with one attached hydrogen (secondary N) is 2. The zero-order valence-electron chi connectivity index (χ0n) is 42.9. The quantitative estimate of drug-likeness (QED) is 0.00859. The third-order valence-electron chi connectivity index (χ3n) is 6.37. The summed E-state index contributed by atoms with van der Waals surface area (Å²) in [4.78, 5) is 20.9. The van der Waals surface area contributed by atoms with Gasteiger partial charge in [-0.15, -0.1) is 25.3 Å². The molecule has 5 aromatic rings. The summed E-state index contributed by atoms with van der Waals surface area (Å²) in [5.41, 5.74) is -2.07. The van der Waals surface area contributed by atoms with Crippen LogP contribution in [0, 0.1) is 7.91 Å². The number of para-hydroxylation sites is 3. The SMILES string of the molecule is O=C(CS)OCCOC(=O)CS.OC(S)C(O)S.OCC(O)CS.OCCS.Oc1ccc(O)cc1.Oc1cccc(O)c1.Oc1ccccc1.Oc1ccccc1O.S=c1[nH][nH]c(=S)s1.SCCOCCOCCS.SCCS. The number of hydrogen-bond acceptors (Lipinski definition) is 31. The van der Waals surface area contributed by atoms with Crippen LogP contribution in [-0.2, 0) is 28.5 Å². The van der Waals surface area contributed by atoms with Crippen molar-refractivity contribution in [2.24, 2.45) is 0 Å². The summed E-state index contributed by atoms with van der Waals surface area (Å²) < 4.78 is 20.7. The third kappa shape index (κ3) is 77.7. The van der Waals surface area contributed by atoms with Crippen LogP contribution in [0.25, 0.3) is 0 Å². The van der Waals surface area contributed by atoms with Crippen LogP contribution >= 0.6 is 162 Å². The lowest BCUT2D eigenvalue weighted by atomic mass is 10.3. The van der Waals surface area contributed by atoms with Crippen molar-refractivity contribution in [1.82, 2.24) is 10.2 Å². The molecule has 460 valence electrons. The molecule has 0 bridgehead atoms. The number of benzene rings is 4. The molecule has 80 heavy (non-hydrogen) atoms. The van der Waals surface area contributed by atoms with Crippen molar-refractivity contribution in [3.8, 4) is 40.2 Å². The van der Waals surface area contributed by atoms with Gasteiger partial charge in [0.2, 0.25) is 0 Å². The van der Waals surface area contributed by atoms with Crippen molar-refractivity contribution in [3.63, 3.8) is 0 Å². The molecule has 0 saturated carbocycles. The van der Waals surface area contributed by atoms with Gasteiger partial charge in [-0.1, -0.05) is 47.7 Å². The van der Waals surface area contributed by atoms with E-state index < -0.39 is 28.9 Å². The van der Waals surface area contributed by atoms with Crippen molar-refractivity contribution in [2.75, 3.05) is 98.9 Å². The number of aromatic hydroxyl groups is 7. The number of aliphatic hydroxyl groups excluding tert-OH is 5. The molecule has 0 aliphatic rings. The van der Waals surface area contributed by atoms with Gasteiger partial charge < -0.3 is 80.2 Å². The Morgan fingerprint density at radius 2 is 0.812 bits per heavy atom. The number of aromatic nitrogens is 2. The van der Waals surface area contributed by atoms with Crippen LogP contribution in [-0.4, -0.2) is 199 Å². The second-order valence-corrected chi connectivity index (χ2v) is 19.6. The lowest BCUT2D eigenvalue weighted by molar-refractivity contribution is -0.148. The van der Waals surface area contributed by atoms with Gasteiger partial charge in [0.15, 0.2) is 19.4 Å². The van der Waals surface area contributed by atoms with Crippen LogP contribution < -0.4 is 0 Å².